The molecule has 0 fully saturated rings. The van der Waals surface area contributed by atoms with Crippen LogP contribution in [0.25, 0.3) is 0 Å². The van der Waals surface area contributed by atoms with Crippen molar-refractivity contribution in [3.8, 4) is 0 Å². The summed E-state index contributed by atoms with van der Waals surface area (Å²) in [7, 11) is -9.22. The van der Waals surface area contributed by atoms with Crippen LogP contribution in [0.2, 0.25) is 0 Å². The molecule has 14 N–H and O–H groups in total. The molecule has 0 aliphatic heterocycles. The van der Waals surface area contributed by atoms with Crippen molar-refractivity contribution >= 4 is 47.7 Å². The molecule has 0 aromatic rings. The van der Waals surface area contributed by atoms with Crippen molar-refractivity contribution in [2.24, 2.45) is 0 Å². The summed E-state index contributed by atoms with van der Waals surface area (Å²) >= 11 is 0. The Morgan fingerprint density at radius 1 is 0.429 bits per heavy atom. The van der Waals surface area contributed by atoms with Crippen molar-refractivity contribution in [3.63, 3.8) is 0 Å². The summed E-state index contributed by atoms with van der Waals surface area (Å²) in [6.07, 6.45) is 0. The van der Waals surface area contributed by atoms with Crippen molar-refractivity contribution < 1.29 is 54.8 Å². The van der Waals surface area contributed by atoms with Crippen LogP contribution in [-0.4, -0.2) is 102 Å². The summed E-state index contributed by atoms with van der Waals surface area (Å²) in [6, 6.07) is 0. The quantitative estimate of drug-likeness (QED) is 0.195. The summed E-state index contributed by atoms with van der Waals surface area (Å²) in [4.78, 5) is 58.6. The van der Waals surface area contributed by atoms with E-state index in [1.165, 1.54) is 0 Å². The average Bonchev–Trinajstić information content (AvgIpc) is 1.12. The molecule has 90 valence electrons. The van der Waals surface area contributed by atoms with Gasteiger partial charge in [-0.15, -0.1) is 0 Å². The Hall–Kier alpha value is 0.994. The molecule has 0 atom stereocenters. The van der Waals surface area contributed by atoms with Gasteiger partial charge in [0.15, 0.2) is 0 Å². The Labute approximate surface area is 102 Å². The van der Waals surface area contributed by atoms with Gasteiger partial charge >= 0.3 is 47.7 Å². The Morgan fingerprint density at radius 3 is 0.429 bits per heavy atom. The molecule has 11 nitrogen and oxygen atoms in total. The maximum absolute atomic E-state index is 7.33. The van der Waals surface area contributed by atoms with Crippen LogP contribution in [0.3, 0.4) is 0 Å². The van der Waals surface area contributed by atoms with Gasteiger partial charge in [0.2, 0.25) is 0 Å². The standard InChI is InChI=1S/Na.2H4O4Si.3H2O.H/c;2*1-5(2,3)4;;;;/h;2*1-4H;3*1H2;. The zero-order valence-corrected chi connectivity index (χ0v) is 8.08. The van der Waals surface area contributed by atoms with Crippen LogP contribution < -0.4 is 0 Å². The van der Waals surface area contributed by atoms with Crippen molar-refractivity contribution in [2.45, 2.75) is 0 Å². The predicted octanol–water partition coefficient (Wildman–Crippen LogP) is -8.34. The van der Waals surface area contributed by atoms with E-state index < -0.39 is 18.1 Å². The first-order chi connectivity index (χ1) is 4.00. The third-order valence-electron chi connectivity index (χ3n) is 0. The molecule has 0 amide bonds. The van der Waals surface area contributed by atoms with Crippen LogP contribution in [0.15, 0.2) is 0 Å². The van der Waals surface area contributed by atoms with Crippen molar-refractivity contribution in [1.82, 2.24) is 0 Å². The minimum atomic E-state index is -4.61. The fraction of sp³-hybridized carbons (Fsp3) is 0. The predicted molar refractivity (Wildman–Crippen MR) is 47.2 cm³/mol. The van der Waals surface area contributed by atoms with E-state index in [1.54, 1.807) is 0 Å². The summed E-state index contributed by atoms with van der Waals surface area (Å²) in [5.74, 6) is 0. The molecule has 0 bridgehead atoms. The van der Waals surface area contributed by atoms with Gasteiger partial charge in [0.1, 0.15) is 0 Å². The van der Waals surface area contributed by atoms with Gasteiger partial charge in [0.05, 0.1) is 0 Å². The number of hydrogen-bond donors (Lipinski definition) is 8. The average molecular weight is 270 g/mol. The van der Waals surface area contributed by atoms with E-state index in [2.05, 4.69) is 0 Å². The van der Waals surface area contributed by atoms with E-state index >= 15 is 0 Å². The topological polar surface area (TPSA) is 256 Å². The number of hydrogen-bond acceptors (Lipinski definition) is 8. The molecule has 0 radical (unpaired) electrons. The molecule has 0 unspecified atom stereocenters. The third-order valence-corrected chi connectivity index (χ3v) is 0. The van der Waals surface area contributed by atoms with Crippen molar-refractivity contribution in [1.29, 1.82) is 0 Å². The second-order valence-electron chi connectivity index (χ2n) is 1.20. The second kappa shape index (κ2) is 14.0. The number of rotatable bonds is 0. The zero-order valence-electron chi connectivity index (χ0n) is 6.08. The van der Waals surface area contributed by atoms with Crippen molar-refractivity contribution in [3.05, 3.63) is 0 Å². The molecule has 0 spiro atoms. The summed E-state index contributed by atoms with van der Waals surface area (Å²) in [5.41, 5.74) is 0. The zero-order chi connectivity index (χ0) is 9.00. The molecular weight excluding hydrogens is 255 g/mol. The Balaban J connectivity index is -0.0000000178. The van der Waals surface area contributed by atoms with Gasteiger partial charge in [0, 0.05) is 0 Å². The van der Waals surface area contributed by atoms with Gasteiger partial charge in [-0.1, -0.05) is 0 Å². The van der Waals surface area contributed by atoms with Gasteiger partial charge in [-0.25, -0.2) is 0 Å². The van der Waals surface area contributed by atoms with Gasteiger partial charge < -0.3 is 54.8 Å². The first kappa shape index (κ1) is 36.3. The van der Waals surface area contributed by atoms with Crippen LogP contribution >= 0.6 is 0 Å². The summed E-state index contributed by atoms with van der Waals surface area (Å²) in [6.45, 7) is 0. The second-order valence-corrected chi connectivity index (χ2v) is 3.60. The molecule has 14 heavy (non-hydrogen) atoms. The molecule has 0 aromatic carbocycles. The van der Waals surface area contributed by atoms with Gasteiger partial charge in [-0.3, -0.25) is 0 Å². The summed E-state index contributed by atoms with van der Waals surface area (Å²) in [5, 5.41) is 0. The van der Waals surface area contributed by atoms with Crippen LogP contribution in [0.1, 0.15) is 0 Å². The molecule has 0 heterocycles. The SMILES string of the molecule is O.O.O.O[Si](O)(O)O.O[Si](O)(O)O.[NaH]. The van der Waals surface area contributed by atoms with Crippen LogP contribution in [-0.2, 0) is 0 Å². The van der Waals surface area contributed by atoms with Crippen LogP contribution in [0, 0.1) is 0 Å². The van der Waals surface area contributed by atoms with E-state index in [0.717, 1.165) is 0 Å². The van der Waals surface area contributed by atoms with Crippen molar-refractivity contribution in [2.75, 3.05) is 0 Å². The molecule has 0 rings (SSSR count). The minimum absolute atomic E-state index is 0. The first-order valence-electron chi connectivity index (χ1n) is 1.79. The Kier molecular flexibility index (Phi) is 36.3. The summed E-state index contributed by atoms with van der Waals surface area (Å²) < 4.78 is 0. The molecule has 0 aliphatic carbocycles. The van der Waals surface area contributed by atoms with Gasteiger partial charge in [0.25, 0.3) is 0 Å². The molecule has 0 saturated carbocycles. The van der Waals surface area contributed by atoms with Gasteiger partial charge in [-0.2, -0.15) is 0 Å². The maximum atomic E-state index is 7.33. The normalized spacial score (nSPS) is 8.57. The van der Waals surface area contributed by atoms with E-state index in [4.69, 9.17) is 38.4 Å². The molecule has 14 heteroatoms. The molecule has 0 saturated heterocycles. The van der Waals surface area contributed by atoms with E-state index in [-0.39, 0.29) is 46.0 Å². The third kappa shape index (κ3) is 1890. The van der Waals surface area contributed by atoms with Crippen LogP contribution in [0.4, 0.5) is 0 Å². The fourth-order valence-electron chi connectivity index (χ4n) is 0. The Morgan fingerprint density at radius 2 is 0.429 bits per heavy atom. The monoisotopic (exact) mass is 270 g/mol. The Bertz CT molecular complexity index is 56.3. The molecule has 0 aromatic heterocycles. The fourth-order valence-corrected chi connectivity index (χ4v) is 0. The van der Waals surface area contributed by atoms with E-state index in [0.29, 0.717) is 0 Å². The first-order valence-corrected chi connectivity index (χ1v) is 5.37. The van der Waals surface area contributed by atoms with Crippen LogP contribution in [0.5, 0.6) is 0 Å². The van der Waals surface area contributed by atoms with E-state index in [9.17, 15) is 0 Å². The van der Waals surface area contributed by atoms with E-state index in [1.807, 2.05) is 0 Å². The molecular formula is H15NaO11Si2. The van der Waals surface area contributed by atoms with Gasteiger partial charge in [-0.05, 0) is 0 Å². The molecule has 0 aliphatic rings.